The summed E-state index contributed by atoms with van der Waals surface area (Å²) in [4.78, 5) is 18.6. The van der Waals surface area contributed by atoms with E-state index in [0.29, 0.717) is 37.2 Å². The minimum Gasteiger partial charge on any atom is -0.396 e. The van der Waals surface area contributed by atoms with Crippen molar-refractivity contribution in [2.75, 3.05) is 6.61 Å². The van der Waals surface area contributed by atoms with E-state index in [1.807, 2.05) is 12.2 Å². The molecule has 3 fully saturated rings. The van der Waals surface area contributed by atoms with Crippen LogP contribution in [0.1, 0.15) is 65.7 Å². The third-order valence-electron chi connectivity index (χ3n) is 9.05. The molecule has 4 aliphatic carbocycles. The number of aliphatic hydroxyl groups is 2. The van der Waals surface area contributed by atoms with Crippen molar-refractivity contribution >= 4 is 11.5 Å². The predicted octanol–water partition coefficient (Wildman–Crippen LogP) is 4.04. The average molecular weight is 416 g/mol. The first-order valence-corrected chi connectivity index (χ1v) is 11.6. The molecule has 0 aromatic heterocycles. The van der Waals surface area contributed by atoms with E-state index in [2.05, 4.69) is 32.5 Å². The molecule has 0 aromatic rings. The number of fused-ring (bicyclic) bond motifs is 5. The summed E-state index contributed by atoms with van der Waals surface area (Å²) in [5.74, 6) is 1.05. The molecule has 0 heterocycles. The summed E-state index contributed by atoms with van der Waals surface area (Å²) < 4.78 is 0. The number of hydrogen-bond acceptors (Lipinski definition) is 5. The highest BCUT2D eigenvalue weighted by Crippen LogP contribution is 2.65. The zero-order valence-electron chi connectivity index (χ0n) is 18.6. The van der Waals surface area contributed by atoms with Crippen LogP contribution in [-0.2, 0) is 9.63 Å². The number of nitrogens with zero attached hydrogens (tertiary/aromatic N) is 1. The van der Waals surface area contributed by atoms with Crippen LogP contribution in [0.3, 0.4) is 0 Å². The lowest BCUT2D eigenvalue weighted by Crippen LogP contribution is -2.55. The molecule has 5 heteroatoms. The molecule has 4 aliphatic rings. The van der Waals surface area contributed by atoms with Gasteiger partial charge < -0.3 is 15.1 Å². The molecular formula is C25H37NO4. The third kappa shape index (κ3) is 3.29. The maximum atomic E-state index is 13.1. The van der Waals surface area contributed by atoms with Crippen molar-refractivity contribution in [3.8, 4) is 0 Å². The van der Waals surface area contributed by atoms with Crippen molar-refractivity contribution in [3.05, 3.63) is 24.3 Å². The van der Waals surface area contributed by atoms with Gasteiger partial charge in [0.05, 0.1) is 17.9 Å². The van der Waals surface area contributed by atoms with Crippen LogP contribution in [0.5, 0.6) is 0 Å². The van der Waals surface area contributed by atoms with Crippen LogP contribution in [0.25, 0.3) is 0 Å². The largest absolute Gasteiger partial charge is 0.396 e. The maximum absolute atomic E-state index is 13.1. The first-order valence-electron chi connectivity index (χ1n) is 11.6. The number of allylic oxidation sites excluding steroid dienone is 2. The van der Waals surface area contributed by atoms with Crippen molar-refractivity contribution < 1.29 is 19.8 Å². The molecule has 1 unspecified atom stereocenters. The van der Waals surface area contributed by atoms with Gasteiger partial charge in [-0.15, -0.1) is 6.58 Å². The highest BCUT2D eigenvalue weighted by Gasteiger charge is 2.60. The van der Waals surface area contributed by atoms with Gasteiger partial charge in [0.1, 0.15) is 6.61 Å². The fourth-order valence-electron chi connectivity index (χ4n) is 7.43. The van der Waals surface area contributed by atoms with E-state index in [1.165, 1.54) is 5.57 Å². The van der Waals surface area contributed by atoms with E-state index >= 15 is 0 Å². The molecular weight excluding hydrogens is 378 g/mol. The van der Waals surface area contributed by atoms with Gasteiger partial charge >= 0.3 is 0 Å². The third-order valence-corrected chi connectivity index (χ3v) is 9.05. The summed E-state index contributed by atoms with van der Waals surface area (Å²) in [6.45, 7) is 10.9. The Labute approximate surface area is 180 Å². The van der Waals surface area contributed by atoms with E-state index in [1.54, 1.807) is 0 Å². The first-order chi connectivity index (χ1) is 14.2. The van der Waals surface area contributed by atoms with Crippen LogP contribution in [-0.4, -0.2) is 40.5 Å². The summed E-state index contributed by atoms with van der Waals surface area (Å²) in [6, 6.07) is 0. The number of ketones is 1. The average Bonchev–Trinajstić information content (AvgIpc) is 3.05. The normalized spacial score (nSPS) is 45.8. The van der Waals surface area contributed by atoms with E-state index in [4.69, 9.17) is 4.84 Å². The summed E-state index contributed by atoms with van der Waals surface area (Å²) in [5.41, 5.74) is 2.20. The highest BCUT2D eigenvalue weighted by molar-refractivity contribution is 5.95. The lowest BCUT2D eigenvalue weighted by molar-refractivity contribution is -0.142. The predicted molar refractivity (Wildman–Crippen MR) is 117 cm³/mol. The Morgan fingerprint density at radius 2 is 1.93 bits per heavy atom. The summed E-state index contributed by atoms with van der Waals surface area (Å²) in [6.07, 6.45) is 8.20. The van der Waals surface area contributed by atoms with Crippen LogP contribution >= 0.6 is 0 Å². The molecule has 8 atom stereocenters. The van der Waals surface area contributed by atoms with Crippen molar-refractivity contribution in [2.24, 2.45) is 39.7 Å². The van der Waals surface area contributed by atoms with Crippen LogP contribution in [0.2, 0.25) is 0 Å². The second-order valence-corrected chi connectivity index (χ2v) is 10.6. The summed E-state index contributed by atoms with van der Waals surface area (Å²) >= 11 is 0. The minimum absolute atomic E-state index is 0.0913. The molecule has 4 rings (SSSR count). The zero-order valence-corrected chi connectivity index (χ0v) is 18.6. The number of carbonyl (C=O) groups is 1. The summed E-state index contributed by atoms with van der Waals surface area (Å²) in [5, 5.41) is 25.0. The van der Waals surface area contributed by atoms with Crippen molar-refractivity contribution in [1.82, 2.24) is 0 Å². The maximum Gasteiger partial charge on any atom is 0.159 e. The van der Waals surface area contributed by atoms with Crippen molar-refractivity contribution in [2.45, 2.75) is 77.9 Å². The number of rotatable bonds is 5. The standard InChI is InChI=1S/C25H37NO4/c1-5-6-11-30-26-15(2)17-7-8-18-16-12-21(27)20-13-22(28)23(29)14-25(20,4)19(16)9-10-24(17,18)3/h5,12,17-20,22-23,28-29H,1,6-11,13-14H2,2-4H3/t17-,18-,19?,20+,22-,23+,24-,25-/m1/s1. The Morgan fingerprint density at radius 1 is 1.20 bits per heavy atom. The summed E-state index contributed by atoms with van der Waals surface area (Å²) in [7, 11) is 0. The Bertz CT molecular complexity index is 773. The van der Waals surface area contributed by atoms with E-state index in [-0.39, 0.29) is 22.5 Å². The van der Waals surface area contributed by atoms with Crippen LogP contribution in [0.15, 0.2) is 29.5 Å². The first kappa shape index (κ1) is 21.8. The van der Waals surface area contributed by atoms with Gasteiger partial charge in [0, 0.05) is 18.3 Å². The van der Waals surface area contributed by atoms with Gasteiger partial charge in [-0.25, -0.2) is 0 Å². The van der Waals surface area contributed by atoms with Crippen molar-refractivity contribution in [1.29, 1.82) is 0 Å². The molecule has 3 saturated carbocycles. The smallest absolute Gasteiger partial charge is 0.159 e. The highest BCUT2D eigenvalue weighted by atomic mass is 16.6. The quantitative estimate of drug-likeness (QED) is 0.307. The van der Waals surface area contributed by atoms with Gasteiger partial charge in [-0.2, -0.15) is 0 Å². The lowest BCUT2D eigenvalue weighted by Gasteiger charge is -2.57. The monoisotopic (exact) mass is 415 g/mol. The fourth-order valence-corrected chi connectivity index (χ4v) is 7.43. The Hall–Kier alpha value is -1.46. The van der Waals surface area contributed by atoms with Gasteiger partial charge in [-0.1, -0.05) is 30.7 Å². The lowest BCUT2D eigenvalue weighted by atomic mass is 9.47. The molecule has 166 valence electrons. The second kappa shape index (κ2) is 7.90. The molecule has 0 spiro atoms. The Kier molecular flexibility index (Phi) is 5.73. The number of aliphatic hydroxyl groups excluding tert-OH is 2. The molecule has 2 N–H and O–H groups in total. The van der Waals surface area contributed by atoms with Gasteiger partial charge in [0.2, 0.25) is 0 Å². The van der Waals surface area contributed by atoms with Crippen LogP contribution < -0.4 is 0 Å². The number of hydrogen-bond donors (Lipinski definition) is 2. The van der Waals surface area contributed by atoms with Crippen LogP contribution in [0, 0.1) is 34.5 Å². The molecule has 0 bridgehead atoms. The van der Waals surface area contributed by atoms with Gasteiger partial charge in [0.25, 0.3) is 0 Å². The fraction of sp³-hybridized carbons (Fsp3) is 0.760. The Morgan fingerprint density at radius 3 is 2.67 bits per heavy atom. The van der Waals surface area contributed by atoms with Gasteiger partial charge in [-0.05, 0) is 74.2 Å². The van der Waals surface area contributed by atoms with Crippen molar-refractivity contribution in [3.63, 3.8) is 0 Å². The molecule has 0 saturated heterocycles. The zero-order chi connectivity index (χ0) is 21.7. The second-order valence-electron chi connectivity index (χ2n) is 10.6. The molecule has 30 heavy (non-hydrogen) atoms. The topological polar surface area (TPSA) is 79.1 Å². The van der Waals surface area contributed by atoms with E-state index < -0.39 is 12.2 Å². The number of carbonyl (C=O) groups excluding carboxylic acids is 1. The molecule has 0 radical (unpaired) electrons. The SMILES string of the molecule is C=CCCON=C(C)[C@H]1CC[C@@H]2C3=CC(=O)[C@@H]4C[C@@H](O)[C@@H](O)C[C@]4(C)C3CC[C@@]21C. The molecule has 0 aromatic carbocycles. The number of oxime groups is 1. The molecule has 0 amide bonds. The minimum atomic E-state index is -0.786. The van der Waals surface area contributed by atoms with E-state index in [0.717, 1.165) is 37.8 Å². The molecule has 0 aliphatic heterocycles. The van der Waals surface area contributed by atoms with Crippen LogP contribution in [0.4, 0.5) is 0 Å². The molecule has 5 nitrogen and oxygen atoms in total. The Balaban J connectivity index is 1.60. The van der Waals surface area contributed by atoms with E-state index in [9.17, 15) is 15.0 Å². The van der Waals surface area contributed by atoms with Gasteiger partial charge in [-0.3, -0.25) is 4.79 Å². The van der Waals surface area contributed by atoms with Gasteiger partial charge in [0.15, 0.2) is 5.78 Å².